The zero-order valence-corrected chi connectivity index (χ0v) is 10.2. The number of nitrogens with one attached hydrogen (secondary N) is 2. The summed E-state index contributed by atoms with van der Waals surface area (Å²) in [6.45, 7) is 6.89. The van der Waals surface area contributed by atoms with Gasteiger partial charge in [0.2, 0.25) is 0 Å². The molecule has 0 aromatic heterocycles. The summed E-state index contributed by atoms with van der Waals surface area (Å²) in [7, 11) is 1.72. The van der Waals surface area contributed by atoms with Gasteiger partial charge in [0.25, 0.3) is 0 Å². The normalized spacial score (nSPS) is 12.2. The van der Waals surface area contributed by atoms with Gasteiger partial charge in [-0.2, -0.15) is 0 Å². The molecule has 0 aliphatic rings. The SMILES string of the molecule is CCCCNC(=S)NCC(C)COC. The van der Waals surface area contributed by atoms with Crippen LogP contribution in [-0.2, 0) is 4.74 Å². The summed E-state index contributed by atoms with van der Waals surface area (Å²) < 4.78 is 5.03. The van der Waals surface area contributed by atoms with Crippen molar-refractivity contribution in [1.29, 1.82) is 0 Å². The second kappa shape index (κ2) is 9.21. The fraction of sp³-hybridized carbons (Fsp3) is 0.900. The van der Waals surface area contributed by atoms with Gasteiger partial charge in [-0.1, -0.05) is 20.3 Å². The lowest BCUT2D eigenvalue weighted by molar-refractivity contribution is 0.161. The van der Waals surface area contributed by atoms with Crippen molar-refractivity contribution >= 4 is 17.3 Å². The Kier molecular flexibility index (Phi) is 8.98. The number of ether oxygens (including phenoxy) is 1. The molecule has 0 spiro atoms. The minimum absolute atomic E-state index is 0.492. The largest absolute Gasteiger partial charge is 0.384 e. The highest BCUT2D eigenvalue weighted by Gasteiger charge is 2.01. The lowest BCUT2D eigenvalue weighted by Crippen LogP contribution is -2.38. The second-order valence-corrected chi connectivity index (χ2v) is 3.96. The Balaban J connectivity index is 3.34. The van der Waals surface area contributed by atoms with Crippen LogP contribution in [0.25, 0.3) is 0 Å². The van der Waals surface area contributed by atoms with Crippen molar-refractivity contribution in [3.8, 4) is 0 Å². The molecule has 0 aromatic rings. The summed E-state index contributed by atoms with van der Waals surface area (Å²) >= 11 is 5.11. The molecule has 0 aliphatic heterocycles. The van der Waals surface area contributed by atoms with Crippen LogP contribution in [0, 0.1) is 5.92 Å². The summed E-state index contributed by atoms with van der Waals surface area (Å²) in [5.41, 5.74) is 0. The maximum absolute atomic E-state index is 5.11. The zero-order valence-electron chi connectivity index (χ0n) is 9.43. The molecule has 14 heavy (non-hydrogen) atoms. The molecule has 2 N–H and O–H groups in total. The molecule has 0 heterocycles. The fourth-order valence-corrected chi connectivity index (χ4v) is 1.24. The summed E-state index contributed by atoms with van der Waals surface area (Å²) in [4.78, 5) is 0. The molecule has 0 saturated carbocycles. The van der Waals surface area contributed by atoms with Crippen LogP contribution in [-0.4, -0.2) is 31.9 Å². The predicted octanol–water partition coefficient (Wildman–Crippen LogP) is 1.53. The predicted molar refractivity (Wildman–Crippen MR) is 64.6 cm³/mol. The van der Waals surface area contributed by atoms with Crippen LogP contribution in [0.2, 0.25) is 0 Å². The quantitative estimate of drug-likeness (QED) is 0.501. The first-order valence-corrected chi connectivity index (χ1v) is 5.62. The van der Waals surface area contributed by atoms with Crippen LogP contribution >= 0.6 is 12.2 Å². The summed E-state index contributed by atoms with van der Waals surface area (Å²) in [6.07, 6.45) is 2.35. The van der Waals surface area contributed by atoms with E-state index in [0.717, 1.165) is 31.2 Å². The highest BCUT2D eigenvalue weighted by molar-refractivity contribution is 7.80. The fourth-order valence-electron chi connectivity index (χ4n) is 1.05. The van der Waals surface area contributed by atoms with Gasteiger partial charge in [0.15, 0.2) is 5.11 Å². The van der Waals surface area contributed by atoms with Gasteiger partial charge >= 0.3 is 0 Å². The molecule has 0 aliphatic carbocycles. The van der Waals surface area contributed by atoms with E-state index < -0.39 is 0 Å². The van der Waals surface area contributed by atoms with E-state index in [0.29, 0.717) is 5.92 Å². The molecule has 1 atom stereocenters. The van der Waals surface area contributed by atoms with Crippen molar-refractivity contribution in [2.24, 2.45) is 5.92 Å². The van der Waals surface area contributed by atoms with E-state index >= 15 is 0 Å². The third-order valence-electron chi connectivity index (χ3n) is 1.88. The first-order valence-electron chi connectivity index (χ1n) is 5.21. The maximum Gasteiger partial charge on any atom is 0.166 e. The Bertz CT molecular complexity index is 153. The average Bonchev–Trinajstić information content (AvgIpc) is 2.16. The van der Waals surface area contributed by atoms with Gasteiger partial charge in [0, 0.05) is 20.2 Å². The van der Waals surface area contributed by atoms with Crippen molar-refractivity contribution < 1.29 is 4.74 Å². The van der Waals surface area contributed by atoms with E-state index in [1.54, 1.807) is 7.11 Å². The van der Waals surface area contributed by atoms with Crippen LogP contribution in [0.15, 0.2) is 0 Å². The molecular formula is C10H22N2OS. The van der Waals surface area contributed by atoms with Crippen molar-refractivity contribution in [1.82, 2.24) is 10.6 Å². The first-order chi connectivity index (χ1) is 6.70. The molecule has 0 amide bonds. The van der Waals surface area contributed by atoms with E-state index in [9.17, 15) is 0 Å². The number of hydrogen-bond acceptors (Lipinski definition) is 2. The number of unbranched alkanes of at least 4 members (excludes halogenated alkanes) is 1. The lowest BCUT2D eigenvalue weighted by atomic mass is 10.2. The van der Waals surface area contributed by atoms with Crippen LogP contribution in [0.3, 0.4) is 0 Å². The Morgan fingerprint density at radius 2 is 2.14 bits per heavy atom. The first kappa shape index (κ1) is 13.7. The van der Waals surface area contributed by atoms with E-state index in [4.69, 9.17) is 17.0 Å². The summed E-state index contributed by atoms with van der Waals surface area (Å²) in [6, 6.07) is 0. The standard InChI is InChI=1S/C10H22N2OS/c1-4-5-6-11-10(14)12-7-9(2)8-13-3/h9H,4-8H2,1-3H3,(H2,11,12,14). The van der Waals surface area contributed by atoms with Crippen LogP contribution in [0.5, 0.6) is 0 Å². The average molecular weight is 218 g/mol. The number of rotatable bonds is 7. The Morgan fingerprint density at radius 3 is 2.71 bits per heavy atom. The number of hydrogen-bond donors (Lipinski definition) is 2. The Morgan fingerprint density at radius 1 is 1.43 bits per heavy atom. The van der Waals surface area contributed by atoms with Gasteiger partial charge in [-0.15, -0.1) is 0 Å². The van der Waals surface area contributed by atoms with Crippen LogP contribution in [0.4, 0.5) is 0 Å². The minimum Gasteiger partial charge on any atom is -0.384 e. The van der Waals surface area contributed by atoms with Gasteiger partial charge in [0.05, 0.1) is 6.61 Å². The van der Waals surface area contributed by atoms with E-state index in [1.807, 2.05) is 0 Å². The summed E-state index contributed by atoms with van der Waals surface area (Å²) in [5, 5.41) is 7.08. The summed E-state index contributed by atoms with van der Waals surface area (Å²) in [5.74, 6) is 0.492. The molecule has 84 valence electrons. The lowest BCUT2D eigenvalue weighted by Gasteiger charge is -2.14. The Hall–Kier alpha value is -0.350. The molecule has 0 radical (unpaired) electrons. The topological polar surface area (TPSA) is 33.3 Å². The number of thiocarbonyl (C=S) groups is 1. The smallest absolute Gasteiger partial charge is 0.166 e. The van der Waals surface area contributed by atoms with Gasteiger partial charge in [-0.25, -0.2) is 0 Å². The third kappa shape index (κ3) is 8.26. The molecular weight excluding hydrogens is 196 g/mol. The van der Waals surface area contributed by atoms with Gasteiger partial charge in [-0.3, -0.25) is 0 Å². The molecule has 0 saturated heterocycles. The third-order valence-corrected chi connectivity index (χ3v) is 2.17. The van der Waals surface area contributed by atoms with Gasteiger partial charge in [-0.05, 0) is 24.6 Å². The molecule has 1 unspecified atom stereocenters. The van der Waals surface area contributed by atoms with Crippen molar-refractivity contribution in [3.05, 3.63) is 0 Å². The highest BCUT2D eigenvalue weighted by atomic mass is 32.1. The second-order valence-electron chi connectivity index (χ2n) is 3.55. The van der Waals surface area contributed by atoms with Gasteiger partial charge in [0.1, 0.15) is 0 Å². The van der Waals surface area contributed by atoms with Gasteiger partial charge < -0.3 is 15.4 Å². The molecule has 4 heteroatoms. The highest BCUT2D eigenvalue weighted by Crippen LogP contribution is 1.91. The maximum atomic E-state index is 5.11. The van der Waals surface area contributed by atoms with Crippen LogP contribution < -0.4 is 10.6 Å². The van der Waals surface area contributed by atoms with Crippen molar-refractivity contribution in [3.63, 3.8) is 0 Å². The van der Waals surface area contributed by atoms with E-state index in [2.05, 4.69) is 24.5 Å². The van der Waals surface area contributed by atoms with E-state index in [-0.39, 0.29) is 0 Å². The number of methoxy groups -OCH3 is 1. The monoisotopic (exact) mass is 218 g/mol. The minimum atomic E-state index is 0.492. The molecule has 0 aromatic carbocycles. The van der Waals surface area contributed by atoms with E-state index in [1.165, 1.54) is 6.42 Å². The molecule has 0 bridgehead atoms. The molecule has 3 nitrogen and oxygen atoms in total. The molecule has 0 fully saturated rings. The zero-order chi connectivity index (χ0) is 10.8. The van der Waals surface area contributed by atoms with Crippen molar-refractivity contribution in [2.75, 3.05) is 26.8 Å². The Labute approximate surface area is 92.6 Å². The van der Waals surface area contributed by atoms with Crippen molar-refractivity contribution in [2.45, 2.75) is 26.7 Å². The van der Waals surface area contributed by atoms with Crippen LogP contribution in [0.1, 0.15) is 26.7 Å². The molecule has 0 rings (SSSR count).